The third kappa shape index (κ3) is 2.56. The van der Waals surface area contributed by atoms with Crippen LogP contribution in [0.3, 0.4) is 0 Å². The van der Waals surface area contributed by atoms with Crippen LogP contribution in [0, 0.1) is 0 Å². The van der Waals surface area contributed by atoms with Crippen molar-refractivity contribution in [1.82, 2.24) is 13.7 Å². The van der Waals surface area contributed by atoms with Gasteiger partial charge in [0, 0.05) is 18.5 Å². The average Bonchev–Trinajstić information content (AvgIpc) is 3.19. The van der Waals surface area contributed by atoms with E-state index < -0.39 is 17.2 Å². The molecule has 144 valence electrons. The summed E-state index contributed by atoms with van der Waals surface area (Å²) in [4.78, 5) is 50.0. The number of hydrogen-bond donors (Lipinski definition) is 1. The van der Waals surface area contributed by atoms with E-state index in [2.05, 4.69) is 0 Å². The minimum absolute atomic E-state index is 0.00374. The lowest BCUT2D eigenvalue weighted by atomic mass is 10.2. The Morgan fingerprint density at radius 1 is 1.11 bits per heavy atom. The smallest absolute Gasteiger partial charge is 0.337 e. The number of para-hydroxylation sites is 1. The number of hydrogen-bond acceptors (Lipinski definition) is 6. The first-order chi connectivity index (χ1) is 13.3. The Balaban J connectivity index is 2.06. The van der Waals surface area contributed by atoms with Crippen molar-refractivity contribution in [2.45, 2.75) is 20.0 Å². The molecule has 10 heteroatoms. The second-order valence-electron chi connectivity index (χ2n) is 6.20. The molecular formula is C18H15N3O5S2. The highest BCUT2D eigenvalue weighted by atomic mass is 32.1. The van der Waals surface area contributed by atoms with Crippen molar-refractivity contribution in [3.8, 4) is 0 Å². The van der Waals surface area contributed by atoms with Crippen LogP contribution in [-0.2, 0) is 20.1 Å². The van der Waals surface area contributed by atoms with Crippen LogP contribution in [0.25, 0.3) is 20.4 Å². The van der Waals surface area contributed by atoms with Gasteiger partial charge in [0.15, 0.2) is 0 Å². The van der Waals surface area contributed by atoms with Gasteiger partial charge in [-0.25, -0.2) is 9.59 Å². The van der Waals surface area contributed by atoms with E-state index in [1.165, 1.54) is 16.2 Å². The molecule has 3 heterocycles. The van der Waals surface area contributed by atoms with Crippen LogP contribution >= 0.6 is 22.7 Å². The zero-order valence-electron chi connectivity index (χ0n) is 15.0. The van der Waals surface area contributed by atoms with Gasteiger partial charge < -0.3 is 5.11 Å². The van der Waals surface area contributed by atoms with E-state index in [0.29, 0.717) is 21.8 Å². The molecule has 0 fully saturated rings. The fraction of sp³-hybridized carbons (Fsp3) is 0.222. The minimum atomic E-state index is -1.26. The van der Waals surface area contributed by atoms with E-state index in [9.17, 15) is 24.3 Å². The Morgan fingerprint density at radius 2 is 1.82 bits per heavy atom. The summed E-state index contributed by atoms with van der Waals surface area (Å²) in [5, 5.41) is 9.80. The van der Waals surface area contributed by atoms with Gasteiger partial charge in [-0.05, 0) is 19.1 Å². The van der Waals surface area contributed by atoms with E-state index in [4.69, 9.17) is 0 Å². The van der Waals surface area contributed by atoms with Gasteiger partial charge >= 0.3 is 16.5 Å². The molecule has 0 unspecified atom stereocenters. The number of thiophene rings is 1. The summed E-state index contributed by atoms with van der Waals surface area (Å²) in [7, 11) is 1.33. The average molecular weight is 417 g/mol. The van der Waals surface area contributed by atoms with Gasteiger partial charge in [-0.2, -0.15) is 0 Å². The number of aryl methyl sites for hydroxylation is 1. The SMILES string of the molecule is CCn1c(=O)n(C)c(=O)c2c(C(=O)O)c(Cn3c(=O)sc4ccccc43)sc21. The molecule has 8 nitrogen and oxygen atoms in total. The molecule has 0 aliphatic carbocycles. The first-order valence-corrected chi connectivity index (χ1v) is 10.0. The number of carbonyl (C=O) groups is 1. The van der Waals surface area contributed by atoms with Gasteiger partial charge in [0.25, 0.3) is 5.56 Å². The highest BCUT2D eigenvalue weighted by Crippen LogP contribution is 2.30. The number of nitrogens with zero attached hydrogens (tertiary/aromatic N) is 3. The quantitative estimate of drug-likeness (QED) is 0.546. The van der Waals surface area contributed by atoms with Crippen molar-refractivity contribution in [3.63, 3.8) is 0 Å². The zero-order chi connectivity index (χ0) is 20.2. The van der Waals surface area contributed by atoms with Crippen LogP contribution in [0.2, 0.25) is 0 Å². The molecule has 0 bridgehead atoms. The Kier molecular flexibility index (Phi) is 4.31. The highest BCUT2D eigenvalue weighted by Gasteiger charge is 2.25. The second kappa shape index (κ2) is 6.57. The molecule has 0 radical (unpaired) electrons. The maximum Gasteiger partial charge on any atom is 0.337 e. The Labute approximate surface area is 165 Å². The van der Waals surface area contributed by atoms with Crippen molar-refractivity contribution in [1.29, 1.82) is 0 Å². The summed E-state index contributed by atoms with van der Waals surface area (Å²) in [5.74, 6) is -1.26. The number of carboxylic acid groups (broad SMARTS) is 1. The second-order valence-corrected chi connectivity index (χ2v) is 8.28. The van der Waals surface area contributed by atoms with Gasteiger partial charge in [0.2, 0.25) is 0 Å². The maximum absolute atomic E-state index is 12.7. The topological polar surface area (TPSA) is 103 Å². The lowest BCUT2D eigenvalue weighted by Crippen LogP contribution is -2.37. The number of rotatable bonds is 4. The van der Waals surface area contributed by atoms with E-state index in [1.54, 1.807) is 19.1 Å². The summed E-state index contributed by atoms with van der Waals surface area (Å²) in [6, 6.07) is 7.25. The van der Waals surface area contributed by atoms with E-state index in [1.807, 2.05) is 12.1 Å². The summed E-state index contributed by atoms with van der Waals surface area (Å²) >= 11 is 2.15. The van der Waals surface area contributed by atoms with Crippen LogP contribution in [0.4, 0.5) is 0 Å². The summed E-state index contributed by atoms with van der Waals surface area (Å²) in [6.45, 7) is 2.07. The van der Waals surface area contributed by atoms with Crippen LogP contribution in [0.5, 0.6) is 0 Å². The molecule has 1 N–H and O–H groups in total. The van der Waals surface area contributed by atoms with Gasteiger partial charge in [0.1, 0.15) is 4.83 Å². The fourth-order valence-electron chi connectivity index (χ4n) is 3.30. The monoisotopic (exact) mass is 417 g/mol. The van der Waals surface area contributed by atoms with Crippen molar-refractivity contribution in [3.05, 3.63) is 65.2 Å². The third-order valence-corrected chi connectivity index (χ3v) is 6.81. The minimum Gasteiger partial charge on any atom is -0.478 e. The largest absolute Gasteiger partial charge is 0.478 e. The van der Waals surface area contributed by atoms with Gasteiger partial charge in [-0.15, -0.1) is 11.3 Å². The molecule has 1 aromatic carbocycles. The Hall–Kier alpha value is -2.98. The first-order valence-electron chi connectivity index (χ1n) is 8.42. The maximum atomic E-state index is 12.7. The van der Waals surface area contributed by atoms with Crippen LogP contribution in [0.15, 0.2) is 38.6 Å². The standard InChI is InChI=1S/C18H15N3O5S2/c1-3-20-15-13(14(22)19(2)17(20)25)12(16(23)24)11(27-15)8-21-9-6-4-5-7-10(9)28-18(21)26/h4-7H,3,8H2,1-2H3,(H,23,24). The molecule has 0 aliphatic rings. The Morgan fingerprint density at radius 3 is 2.50 bits per heavy atom. The molecule has 0 atom stereocenters. The molecular weight excluding hydrogens is 402 g/mol. The fourth-order valence-corrected chi connectivity index (χ4v) is 5.52. The van der Waals surface area contributed by atoms with Crippen molar-refractivity contribution < 1.29 is 9.90 Å². The molecule has 0 spiro atoms. The van der Waals surface area contributed by atoms with Crippen molar-refractivity contribution in [2.75, 3.05) is 0 Å². The normalized spacial score (nSPS) is 11.5. The van der Waals surface area contributed by atoms with Crippen LogP contribution in [0.1, 0.15) is 22.2 Å². The zero-order valence-corrected chi connectivity index (χ0v) is 16.6. The number of carboxylic acids is 1. The number of aromatic nitrogens is 3. The molecule has 0 amide bonds. The van der Waals surface area contributed by atoms with Gasteiger partial charge in [0.05, 0.1) is 27.7 Å². The van der Waals surface area contributed by atoms with E-state index >= 15 is 0 Å². The lowest BCUT2D eigenvalue weighted by molar-refractivity contribution is 0.0698. The highest BCUT2D eigenvalue weighted by molar-refractivity contribution is 7.19. The molecule has 28 heavy (non-hydrogen) atoms. The Bertz CT molecular complexity index is 1430. The van der Waals surface area contributed by atoms with Crippen LogP contribution < -0.4 is 16.1 Å². The summed E-state index contributed by atoms with van der Waals surface area (Å²) in [5.41, 5.74) is -0.591. The summed E-state index contributed by atoms with van der Waals surface area (Å²) < 4.78 is 4.59. The van der Waals surface area contributed by atoms with Crippen molar-refractivity contribution in [2.24, 2.45) is 7.05 Å². The van der Waals surface area contributed by atoms with Crippen LogP contribution in [-0.4, -0.2) is 24.8 Å². The predicted molar refractivity (Wildman–Crippen MR) is 109 cm³/mol. The predicted octanol–water partition coefficient (Wildman–Crippen LogP) is 1.90. The lowest BCUT2D eigenvalue weighted by Gasteiger charge is -2.06. The van der Waals surface area contributed by atoms with E-state index in [-0.39, 0.29) is 22.4 Å². The molecule has 0 aliphatic heterocycles. The first kappa shape index (κ1) is 18.4. The molecule has 0 saturated heterocycles. The van der Waals surface area contributed by atoms with Crippen molar-refractivity contribution >= 4 is 49.1 Å². The van der Waals surface area contributed by atoms with Gasteiger partial charge in [-0.1, -0.05) is 23.5 Å². The summed E-state index contributed by atoms with van der Waals surface area (Å²) in [6.07, 6.45) is 0. The number of benzene rings is 1. The number of thiazole rings is 1. The third-order valence-electron chi connectivity index (χ3n) is 4.65. The number of fused-ring (bicyclic) bond motifs is 2. The molecule has 4 aromatic rings. The number of aromatic carboxylic acids is 1. The molecule has 4 rings (SSSR count). The van der Waals surface area contributed by atoms with E-state index in [0.717, 1.165) is 31.9 Å². The molecule has 0 saturated carbocycles. The van der Waals surface area contributed by atoms with Gasteiger partial charge in [-0.3, -0.25) is 23.3 Å². The molecule has 3 aromatic heterocycles.